The summed E-state index contributed by atoms with van der Waals surface area (Å²) in [5.41, 5.74) is 0.297. The summed E-state index contributed by atoms with van der Waals surface area (Å²) in [5.74, 6) is 0.169. The van der Waals surface area contributed by atoms with Crippen molar-refractivity contribution in [3.8, 4) is 0 Å². The zero-order valence-corrected chi connectivity index (χ0v) is 14.2. The summed E-state index contributed by atoms with van der Waals surface area (Å²) < 4.78 is 23.0. The molecule has 1 aliphatic rings. The molecule has 0 spiro atoms. The number of rotatable bonds is 5. The largest absolute Gasteiger partial charge is 0.335 e. The molecule has 7 heteroatoms. The Labute approximate surface area is 134 Å². The van der Waals surface area contributed by atoms with Gasteiger partial charge >= 0.3 is 0 Å². The van der Waals surface area contributed by atoms with Crippen LogP contribution in [0.1, 0.15) is 37.0 Å². The molecule has 1 aromatic rings. The van der Waals surface area contributed by atoms with Crippen molar-refractivity contribution in [1.29, 1.82) is 0 Å². The van der Waals surface area contributed by atoms with E-state index >= 15 is 0 Å². The number of halogens is 2. The van der Waals surface area contributed by atoms with Gasteiger partial charge in [-0.05, 0) is 37.0 Å². The molecule has 1 aliphatic carbocycles. The smallest absolute Gasteiger partial charge is 0.262 e. The van der Waals surface area contributed by atoms with Crippen molar-refractivity contribution in [2.75, 3.05) is 6.54 Å². The first-order valence-electron chi connectivity index (χ1n) is 6.75. The predicted molar refractivity (Wildman–Crippen MR) is 83.4 cm³/mol. The number of amides is 1. The highest BCUT2D eigenvalue weighted by atomic mass is 35.7. The molecular formula is C14H17Cl2NO3S. The molecule has 0 aliphatic heterocycles. The van der Waals surface area contributed by atoms with E-state index in [4.69, 9.17) is 22.3 Å². The molecule has 0 N–H and O–H groups in total. The number of carbonyl (C=O) groups excluding carboxylic acids is 1. The van der Waals surface area contributed by atoms with Crippen molar-refractivity contribution >= 4 is 37.2 Å². The van der Waals surface area contributed by atoms with Gasteiger partial charge in [-0.25, -0.2) is 8.42 Å². The Hall–Kier alpha value is -0.780. The molecule has 116 valence electrons. The van der Waals surface area contributed by atoms with E-state index in [0.29, 0.717) is 18.0 Å². The number of carbonyl (C=O) groups is 1. The van der Waals surface area contributed by atoms with E-state index in [9.17, 15) is 13.2 Å². The Balaban J connectivity index is 2.34. The minimum Gasteiger partial charge on any atom is -0.335 e. The number of benzene rings is 1. The fraction of sp³-hybridized carbons (Fsp3) is 0.500. The van der Waals surface area contributed by atoms with E-state index in [1.807, 2.05) is 13.8 Å². The lowest BCUT2D eigenvalue weighted by Crippen LogP contribution is -2.36. The maximum atomic E-state index is 12.6. The fourth-order valence-corrected chi connectivity index (χ4v) is 3.66. The van der Waals surface area contributed by atoms with Gasteiger partial charge < -0.3 is 4.90 Å². The molecule has 1 aromatic carbocycles. The van der Waals surface area contributed by atoms with E-state index in [-0.39, 0.29) is 21.9 Å². The molecule has 0 atom stereocenters. The van der Waals surface area contributed by atoms with Crippen LogP contribution in [0.25, 0.3) is 0 Å². The molecule has 0 saturated heterocycles. The van der Waals surface area contributed by atoms with Gasteiger partial charge in [0.1, 0.15) is 4.90 Å². The lowest BCUT2D eigenvalue weighted by Gasteiger charge is -2.24. The maximum Gasteiger partial charge on any atom is 0.262 e. The first kappa shape index (κ1) is 16.6. The zero-order chi connectivity index (χ0) is 15.8. The lowest BCUT2D eigenvalue weighted by atomic mass is 10.1. The average Bonchev–Trinajstić information content (AvgIpc) is 3.18. The summed E-state index contributed by atoms with van der Waals surface area (Å²) in [4.78, 5) is 14.2. The third-order valence-corrected chi connectivity index (χ3v) is 5.05. The Morgan fingerprint density at radius 2 is 2.00 bits per heavy atom. The highest BCUT2D eigenvalue weighted by molar-refractivity contribution is 8.13. The van der Waals surface area contributed by atoms with E-state index in [1.165, 1.54) is 18.2 Å². The molecule has 0 bridgehead atoms. The quantitative estimate of drug-likeness (QED) is 0.764. The normalized spacial score (nSPS) is 15.3. The molecular weight excluding hydrogens is 333 g/mol. The highest BCUT2D eigenvalue weighted by Crippen LogP contribution is 2.31. The molecule has 0 heterocycles. The topological polar surface area (TPSA) is 54.5 Å². The minimum absolute atomic E-state index is 0.0170. The van der Waals surface area contributed by atoms with Crippen LogP contribution in [0.3, 0.4) is 0 Å². The van der Waals surface area contributed by atoms with Gasteiger partial charge in [-0.1, -0.05) is 25.4 Å². The standard InChI is InChI=1S/C14H17Cl2NO3S/c1-9(2)8-17(11-4-5-11)14(18)10-3-6-12(15)13(7-10)21(16,19)20/h3,6-7,9,11H,4-5,8H2,1-2H3. The van der Waals surface area contributed by atoms with Crippen LogP contribution in [0.2, 0.25) is 5.02 Å². The van der Waals surface area contributed by atoms with Crippen LogP contribution in [0.4, 0.5) is 0 Å². The summed E-state index contributed by atoms with van der Waals surface area (Å²) in [5, 5.41) is 0.0170. The third kappa shape index (κ3) is 4.11. The highest BCUT2D eigenvalue weighted by Gasteiger charge is 2.33. The number of nitrogens with zero attached hydrogens (tertiary/aromatic N) is 1. The van der Waals surface area contributed by atoms with E-state index in [0.717, 1.165) is 12.8 Å². The van der Waals surface area contributed by atoms with E-state index in [1.54, 1.807) is 4.90 Å². The van der Waals surface area contributed by atoms with Crippen LogP contribution in [0, 0.1) is 5.92 Å². The van der Waals surface area contributed by atoms with Crippen molar-refractivity contribution in [1.82, 2.24) is 4.90 Å². The van der Waals surface area contributed by atoms with Gasteiger partial charge in [0.2, 0.25) is 0 Å². The van der Waals surface area contributed by atoms with Gasteiger partial charge in [-0.2, -0.15) is 0 Å². The number of hydrogen-bond donors (Lipinski definition) is 0. The van der Waals surface area contributed by atoms with Crippen LogP contribution >= 0.6 is 22.3 Å². The van der Waals surface area contributed by atoms with Crippen molar-refractivity contribution in [3.05, 3.63) is 28.8 Å². The summed E-state index contributed by atoms with van der Waals surface area (Å²) in [6.45, 7) is 4.73. The van der Waals surface area contributed by atoms with Gasteiger partial charge in [0, 0.05) is 28.8 Å². The number of hydrogen-bond acceptors (Lipinski definition) is 3. The average molecular weight is 350 g/mol. The molecule has 4 nitrogen and oxygen atoms in total. The SMILES string of the molecule is CC(C)CN(C(=O)c1ccc(Cl)c(S(=O)(=O)Cl)c1)C1CC1. The Morgan fingerprint density at radius 1 is 1.38 bits per heavy atom. The van der Waals surface area contributed by atoms with Crippen molar-refractivity contribution in [2.24, 2.45) is 5.92 Å². The van der Waals surface area contributed by atoms with Gasteiger partial charge in [-0.15, -0.1) is 0 Å². The molecule has 0 aromatic heterocycles. The van der Waals surface area contributed by atoms with Crippen LogP contribution in [0.15, 0.2) is 23.1 Å². The molecule has 0 unspecified atom stereocenters. The third-order valence-electron chi connectivity index (χ3n) is 3.25. The monoisotopic (exact) mass is 349 g/mol. The van der Waals surface area contributed by atoms with E-state index in [2.05, 4.69) is 0 Å². The first-order valence-corrected chi connectivity index (χ1v) is 9.44. The van der Waals surface area contributed by atoms with Crippen molar-refractivity contribution < 1.29 is 13.2 Å². The second-order valence-corrected chi connectivity index (χ2v) is 8.61. The second-order valence-electron chi connectivity index (χ2n) is 5.67. The minimum atomic E-state index is -3.97. The Kier molecular flexibility index (Phi) is 4.85. The Bertz CT molecular complexity index is 654. The molecule has 1 fully saturated rings. The molecule has 0 radical (unpaired) electrons. The summed E-state index contributed by atoms with van der Waals surface area (Å²) in [7, 11) is 1.37. The summed E-state index contributed by atoms with van der Waals surface area (Å²) in [6.07, 6.45) is 1.99. The first-order chi connectivity index (χ1) is 9.70. The molecule has 1 saturated carbocycles. The molecule has 21 heavy (non-hydrogen) atoms. The van der Waals surface area contributed by atoms with E-state index < -0.39 is 9.05 Å². The molecule has 1 amide bonds. The lowest BCUT2D eigenvalue weighted by molar-refractivity contribution is 0.0722. The van der Waals surface area contributed by atoms with Crippen LogP contribution < -0.4 is 0 Å². The van der Waals surface area contributed by atoms with Gasteiger partial charge in [0.25, 0.3) is 15.0 Å². The van der Waals surface area contributed by atoms with Crippen molar-refractivity contribution in [2.45, 2.75) is 37.6 Å². The van der Waals surface area contributed by atoms with Gasteiger partial charge in [0.15, 0.2) is 0 Å². The second kappa shape index (κ2) is 6.15. The zero-order valence-electron chi connectivity index (χ0n) is 11.8. The van der Waals surface area contributed by atoms with Gasteiger partial charge in [0.05, 0.1) is 5.02 Å². The molecule has 2 rings (SSSR count). The van der Waals surface area contributed by atoms with Crippen LogP contribution in [-0.2, 0) is 9.05 Å². The maximum absolute atomic E-state index is 12.6. The summed E-state index contributed by atoms with van der Waals surface area (Å²) >= 11 is 5.84. The Morgan fingerprint density at radius 3 is 2.48 bits per heavy atom. The summed E-state index contributed by atoms with van der Waals surface area (Å²) in [6, 6.07) is 4.44. The predicted octanol–water partition coefficient (Wildman–Crippen LogP) is 3.53. The van der Waals surface area contributed by atoms with Crippen LogP contribution in [0.5, 0.6) is 0 Å². The van der Waals surface area contributed by atoms with Crippen LogP contribution in [-0.4, -0.2) is 31.8 Å². The fourth-order valence-electron chi connectivity index (χ4n) is 2.17. The van der Waals surface area contributed by atoms with Crippen molar-refractivity contribution in [3.63, 3.8) is 0 Å². The van der Waals surface area contributed by atoms with Gasteiger partial charge in [-0.3, -0.25) is 4.79 Å².